The Kier molecular flexibility index (Phi) is 7.89. The van der Waals surface area contributed by atoms with Crippen LogP contribution in [0.15, 0.2) is 30.3 Å². The Morgan fingerprint density at radius 1 is 1.29 bits per heavy atom. The fraction of sp³-hybridized carbons (Fsp3) is 0.467. The summed E-state index contributed by atoms with van der Waals surface area (Å²) >= 11 is 0. The van der Waals surface area contributed by atoms with Crippen molar-refractivity contribution < 1.29 is 19.4 Å². The molecule has 2 N–H and O–H groups in total. The number of hydrogen-bond acceptors (Lipinski definition) is 3. The minimum Gasteiger partial charge on any atom is -0.480 e. The van der Waals surface area contributed by atoms with Crippen molar-refractivity contribution in [3.63, 3.8) is 0 Å². The standard InChI is InChI=1S/C15H22N2O4/c1-2-21-10-6-9-17(15(20)16-11-14(18)19)12-13-7-4-3-5-8-13/h3-5,7-8H,2,6,9-12H2,1H3,(H,16,20)(H,18,19). The number of nitrogens with one attached hydrogen (secondary N) is 1. The monoisotopic (exact) mass is 294 g/mol. The van der Waals surface area contributed by atoms with Crippen LogP contribution in [0.2, 0.25) is 0 Å². The van der Waals surface area contributed by atoms with E-state index in [0.717, 1.165) is 5.56 Å². The number of urea groups is 1. The van der Waals surface area contributed by atoms with Gasteiger partial charge in [0, 0.05) is 26.3 Å². The second-order valence-corrected chi connectivity index (χ2v) is 4.51. The molecule has 0 aromatic heterocycles. The molecule has 2 amide bonds. The largest absolute Gasteiger partial charge is 0.480 e. The molecule has 0 atom stereocenters. The van der Waals surface area contributed by atoms with Gasteiger partial charge in [-0.05, 0) is 18.9 Å². The van der Waals surface area contributed by atoms with Crippen molar-refractivity contribution in [2.75, 3.05) is 26.3 Å². The van der Waals surface area contributed by atoms with Gasteiger partial charge in [0.2, 0.25) is 0 Å². The normalized spacial score (nSPS) is 10.1. The smallest absolute Gasteiger partial charge is 0.323 e. The van der Waals surface area contributed by atoms with Crippen LogP contribution in [0.4, 0.5) is 4.79 Å². The van der Waals surface area contributed by atoms with Crippen LogP contribution in [-0.4, -0.2) is 48.3 Å². The molecule has 1 aromatic carbocycles. The molecule has 0 aliphatic carbocycles. The average Bonchev–Trinajstić information content (AvgIpc) is 2.49. The number of carbonyl (C=O) groups excluding carboxylic acids is 1. The topological polar surface area (TPSA) is 78.9 Å². The molecule has 21 heavy (non-hydrogen) atoms. The highest BCUT2D eigenvalue weighted by molar-refractivity contribution is 5.79. The van der Waals surface area contributed by atoms with Gasteiger partial charge in [-0.3, -0.25) is 4.79 Å². The van der Waals surface area contributed by atoms with Crippen LogP contribution in [-0.2, 0) is 16.1 Å². The molecule has 1 rings (SSSR count). The first-order valence-corrected chi connectivity index (χ1v) is 6.99. The van der Waals surface area contributed by atoms with Crippen molar-refractivity contribution in [1.82, 2.24) is 10.2 Å². The number of amides is 2. The predicted octanol–water partition coefficient (Wildman–Crippen LogP) is 1.71. The molecular formula is C15H22N2O4. The zero-order valence-electron chi connectivity index (χ0n) is 12.2. The average molecular weight is 294 g/mol. The lowest BCUT2D eigenvalue weighted by atomic mass is 10.2. The molecule has 1 aromatic rings. The van der Waals surface area contributed by atoms with Crippen LogP contribution >= 0.6 is 0 Å². The maximum atomic E-state index is 12.0. The van der Waals surface area contributed by atoms with Crippen LogP contribution in [0, 0.1) is 0 Å². The van der Waals surface area contributed by atoms with E-state index in [1.54, 1.807) is 4.90 Å². The van der Waals surface area contributed by atoms with E-state index < -0.39 is 5.97 Å². The third-order valence-corrected chi connectivity index (χ3v) is 2.82. The van der Waals surface area contributed by atoms with Crippen molar-refractivity contribution in [3.8, 4) is 0 Å². The van der Waals surface area contributed by atoms with Crippen molar-refractivity contribution in [2.45, 2.75) is 19.9 Å². The first kappa shape index (κ1) is 17.0. The summed E-state index contributed by atoms with van der Waals surface area (Å²) in [6.45, 7) is 3.72. The van der Waals surface area contributed by atoms with E-state index in [4.69, 9.17) is 9.84 Å². The number of benzene rings is 1. The summed E-state index contributed by atoms with van der Waals surface area (Å²) in [7, 11) is 0. The molecule has 0 saturated carbocycles. The summed E-state index contributed by atoms with van der Waals surface area (Å²) in [6, 6.07) is 9.21. The Morgan fingerprint density at radius 3 is 2.62 bits per heavy atom. The maximum Gasteiger partial charge on any atom is 0.323 e. The molecule has 6 heteroatoms. The lowest BCUT2D eigenvalue weighted by molar-refractivity contribution is -0.135. The molecule has 0 unspecified atom stereocenters. The number of aliphatic carboxylic acids is 1. The van der Waals surface area contributed by atoms with E-state index in [9.17, 15) is 9.59 Å². The molecule has 0 fully saturated rings. The molecule has 0 bridgehead atoms. The number of carboxylic acids is 1. The molecule has 0 radical (unpaired) electrons. The summed E-state index contributed by atoms with van der Waals surface area (Å²) in [5.74, 6) is -1.06. The summed E-state index contributed by atoms with van der Waals surface area (Å²) in [6.07, 6.45) is 0.709. The molecular weight excluding hydrogens is 272 g/mol. The quantitative estimate of drug-likeness (QED) is 0.680. The molecule has 0 aliphatic heterocycles. The Hall–Kier alpha value is -2.08. The van der Waals surface area contributed by atoms with Gasteiger partial charge >= 0.3 is 12.0 Å². The Morgan fingerprint density at radius 2 is 2.00 bits per heavy atom. The summed E-state index contributed by atoms with van der Waals surface area (Å²) < 4.78 is 5.26. The highest BCUT2D eigenvalue weighted by Crippen LogP contribution is 2.05. The maximum absolute atomic E-state index is 12.0. The minimum absolute atomic E-state index is 0.377. The molecule has 116 valence electrons. The number of nitrogens with zero attached hydrogens (tertiary/aromatic N) is 1. The summed E-state index contributed by atoms with van der Waals surface area (Å²) in [5, 5.41) is 11.0. The van der Waals surface area contributed by atoms with E-state index in [2.05, 4.69) is 5.32 Å². The van der Waals surface area contributed by atoms with E-state index in [1.807, 2.05) is 37.3 Å². The number of rotatable bonds is 9. The van der Waals surface area contributed by atoms with Crippen molar-refractivity contribution in [2.24, 2.45) is 0 Å². The Labute approximate surface area is 124 Å². The number of carboxylic acid groups (broad SMARTS) is 1. The Balaban J connectivity index is 2.56. The first-order valence-electron chi connectivity index (χ1n) is 6.99. The second-order valence-electron chi connectivity index (χ2n) is 4.51. The van der Waals surface area contributed by atoms with E-state index in [1.165, 1.54) is 0 Å². The third kappa shape index (κ3) is 7.31. The van der Waals surface area contributed by atoms with E-state index >= 15 is 0 Å². The molecule has 0 saturated heterocycles. The third-order valence-electron chi connectivity index (χ3n) is 2.82. The van der Waals surface area contributed by atoms with Gasteiger partial charge in [-0.1, -0.05) is 30.3 Å². The summed E-state index contributed by atoms with van der Waals surface area (Å²) in [4.78, 5) is 24.2. The molecule has 6 nitrogen and oxygen atoms in total. The van der Waals surface area contributed by atoms with Gasteiger partial charge in [0.25, 0.3) is 0 Å². The van der Waals surface area contributed by atoms with Crippen molar-refractivity contribution in [1.29, 1.82) is 0 Å². The van der Waals surface area contributed by atoms with Crippen LogP contribution in [0.5, 0.6) is 0 Å². The predicted molar refractivity (Wildman–Crippen MR) is 79.0 cm³/mol. The van der Waals surface area contributed by atoms with Gasteiger partial charge in [-0.25, -0.2) is 4.79 Å². The number of hydrogen-bond donors (Lipinski definition) is 2. The highest BCUT2D eigenvalue weighted by atomic mass is 16.5. The second kappa shape index (κ2) is 9.77. The summed E-state index contributed by atoms with van der Waals surface area (Å²) in [5.41, 5.74) is 0.999. The van der Waals surface area contributed by atoms with Gasteiger partial charge in [-0.2, -0.15) is 0 Å². The van der Waals surface area contributed by atoms with E-state index in [-0.39, 0.29) is 12.6 Å². The Bertz CT molecular complexity index is 437. The molecule has 0 spiro atoms. The lowest BCUT2D eigenvalue weighted by Gasteiger charge is -2.23. The highest BCUT2D eigenvalue weighted by Gasteiger charge is 2.14. The van der Waals surface area contributed by atoms with Crippen molar-refractivity contribution in [3.05, 3.63) is 35.9 Å². The SMILES string of the molecule is CCOCCCN(Cc1ccccc1)C(=O)NCC(=O)O. The molecule has 0 heterocycles. The zero-order valence-corrected chi connectivity index (χ0v) is 12.2. The van der Waals surface area contributed by atoms with Crippen LogP contribution in [0.25, 0.3) is 0 Å². The number of ether oxygens (including phenoxy) is 1. The van der Waals surface area contributed by atoms with Crippen LogP contribution in [0.3, 0.4) is 0 Å². The van der Waals surface area contributed by atoms with Gasteiger partial charge in [0.1, 0.15) is 6.54 Å². The first-order chi connectivity index (χ1) is 10.1. The minimum atomic E-state index is -1.06. The van der Waals surface area contributed by atoms with Gasteiger partial charge in [0.05, 0.1) is 0 Å². The molecule has 0 aliphatic rings. The number of carbonyl (C=O) groups is 2. The van der Waals surface area contributed by atoms with Gasteiger partial charge in [0.15, 0.2) is 0 Å². The van der Waals surface area contributed by atoms with Gasteiger partial charge < -0.3 is 20.1 Å². The van der Waals surface area contributed by atoms with Gasteiger partial charge in [-0.15, -0.1) is 0 Å². The van der Waals surface area contributed by atoms with E-state index in [0.29, 0.717) is 32.7 Å². The van der Waals surface area contributed by atoms with Crippen LogP contribution < -0.4 is 5.32 Å². The van der Waals surface area contributed by atoms with Crippen molar-refractivity contribution >= 4 is 12.0 Å². The fourth-order valence-electron chi connectivity index (χ4n) is 1.82. The lowest BCUT2D eigenvalue weighted by Crippen LogP contribution is -2.42. The zero-order chi connectivity index (χ0) is 15.5. The fourth-order valence-corrected chi connectivity index (χ4v) is 1.82. The van der Waals surface area contributed by atoms with Crippen LogP contribution in [0.1, 0.15) is 18.9 Å².